The lowest BCUT2D eigenvalue weighted by molar-refractivity contribution is -0.143. The highest BCUT2D eigenvalue weighted by molar-refractivity contribution is 6.39. The molecule has 4 aliphatic rings. The van der Waals surface area contributed by atoms with E-state index in [0.717, 1.165) is 64.3 Å². The molecule has 2 fully saturated rings. The van der Waals surface area contributed by atoms with Crippen LogP contribution in [0, 0.1) is 22.7 Å². The van der Waals surface area contributed by atoms with Crippen LogP contribution in [-0.4, -0.2) is 70.1 Å². The van der Waals surface area contributed by atoms with Crippen LogP contribution in [0.25, 0.3) is 0 Å². The minimum Gasteiger partial charge on any atom is -0.460 e. The predicted octanol–water partition coefficient (Wildman–Crippen LogP) is 6.66. The highest BCUT2D eigenvalue weighted by Crippen LogP contribution is 2.49. The molecule has 0 aromatic heterocycles. The number of amidine groups is 1. The van der Waals surface area contributed by atoms with E-state index in [0.29, 0.717) is 30.3 Å². The molecule has 0 aromatic carbocycles. The zero-order valence-electron chi connectivity index (χ0n) is 27.7. The van der Waals surface area contributed by atoms with E-state index >= 15 is 0 Å². The molecule has 0 radical (unpaired) electrons. The standard InChI is InChI=1S/C35H57N3O4/c1-24(2)42-32(41)27-13-11-26(12-14-27)29(17-18-33(3,4)5)38-31(40)30(37-21-9-10-25(22-37)23-39)36-35(38)19-15-28(16-20-35)34(6,7)8/h11,13,24-25,28-29,39H,9-10,12,14-23H2,1-8H3/t25?,28?,29-,35?/m1/s1. The number of hydrogen-bond acceptors (Lipinski definition) is 6. The van der Waals surface area contributed by atoms with Gasteiger partial charge in [-0.3, -0.25) is 4.79 Å². The maximum Gasteiger partial charge on any atom is 0.334 e. The number of hydrogen-bond donors (Lipinski definition) is 1. The summed E-state index contributed by atoms with van der Waals surface area (Å²) in [5.41, 5.74) is 1.74. The molecule has 1 amide bonds. The largest absolute Gasteiger partial charge is 0.460 e. The molecule has 7 heteroatoms. The maximum absolute atomic E-state index is 14.6. The number of esters is 1. The van der Waals surface area contributed by atoms with Crippen molar-refractivity contribution < 1.29 is 19.4 Å². The molecular formula is C35H57N3O4. The fourth-order valence-corrected chi connectivity index (χ4v) is 7.38. The van der Waals surface area contributed by atoms with Crippen molar-refractivity contribution in [2.24, 2.45) is 27.7 Å². The van der Waals surface area contributed by atoms with E-state index in [-0.39, 0.29) is 47.4 Å². The summed E-state index contributed by atoms with van der Waals surface area (Å²) in [6, 6.07) is -0.0680. The Morgan fingerprint density at radius 3 is 2.33 bits per heavy atom. The Hall–Kier alpha value is -2.15. The van der Waals surface area contributed by atoms with Crippen molar-refractivity contribution >= 4 is 17.7 Å². The summed E-state index contributed by atoms with van der Waals surface area (Å²) >= 11 is 0. The molecule has 1 saturated carbocycles. The Kier molecular flexibility index (Phi) is 10.0. The van der Waals surface area contributed by atoms with Crippen molar-refractivity contribution in [3.05, 3.63) is 23.3 Å². The van der Waals surface area contributed by atoms with Gasteiger partial charge in [0.15, 0.2) is 5.84 Å². The molecule has 1 spiro atoms. The van der Waals surface area contributed by atoms with E-state index in [9.17, 15) is 14.7 Å². The molecule has 7 nitrogen and oxygen atoms in total. The monoisotopic (exact) mass is 583 g/mol. The first kappa shape index (κ1) is 32.8. The second-order valence-corrected chi connectivity index (χ2v) is 15.9. The molecule has 1 saturated heterocycles. The molecule has 236 valence electrons. The van der Waals surface area contributed by atoms with Crippen LogP contribution in [0.15, 0.2) is 28.3 Å². The zero-order chi connectivity index (χ0) is 30.9. The van der Waals surface area contributed by atoms with Crippen molar-refractivity contribution in [2.45, 2.75) is 137 Å². The average Bonchev–Trinajstić information content (AvgIpc) is 3.19. The number of rotatable bonds is 7. The number of carbonyl (C=O) groups is 2. The SMILES string of the molecule is CC(C)OC(=O)C1=CC=C([C@@H](CCC(C)(C)C)N2C(=O)C(N3CCCC(CO)C3)=NC23CCC(C(C)(C)C)CC3)CC1. The van der Waals surface area contributed by atoms with E-state index in [1.54, 1.807) is 0 Å². The molecule has 1 N–H and O–H groups in total. The minimum absolute atomic E-state index is 0.0524. The molecule has 42 heavy (non-hydrogen) atoms. The average molecular weight is 584 g/mol. The summed E-state index contributed by atoms with van der Waals surface area (Å²) in [6.07, 6.45) is 12.9. The third-order valence-electron chi connectivity index (χ3n) is 9.95. The molecule has 0 bridgehead atoms. The quantitative estimate of drug-likeness (QED) is 0.339. The van der Waals surface area contributed by atoms with Gasteiger partial charge < -0.3 is 19.6 Å². The van der Waals surface area contributed by atoms with Gasteiger partial charge in [0.1, 0.15) is 5.66 Å². The van der Waals surface area contributed by atoms with Gasteiger partial charge in [0.25, 0.3) is 5.91 Å². The first-order chi connectivity index (χ1) is 19.6. The summed E-state index contributed by atoms with van der Waals surface area (Å²) < 4.78 is 5.48. The molecule has 2 aliphatic carbocycles. The molecule has 0 aromatic rings. The number of aliphatic hydroxyl groups is 1. The Balaban J connectivity index is 1.71. The number of ether oxygens (including phenoxy) is 1. The van der Waals surface area contributed by atoms with E-state index < -0.39 is 5.66 Å². The smallest absolute Gasteiger partial charge is 0.334 e. The Morgan fingerprint density at radius 2 is 1.79 bits per heavy atom. The van der Waals surface area contributed by atoms with Crippen molar-refractivity contribution in [3.63, 3.8) is 0 Å². The fraction of sp³-hybridized carbons (Fsp3) is 0.800. The van der Waals surface area contributed by atoms with Gasteiger partial charge in [-0.05, 0) is 106 Å². The number of aliphatic imine (C=N–C) groups is 1. The lowest BCUT2D eigenvalue weighted by Crippen LogP contribution is -2.56. The summed E-state index contributed by atoms with van der Waals surface area (Å²) in [4.78, 5) is 37.0. The van der Waals surface area contributed by atoms with E-state index in [2.05, 4.69) is 57.4 Å². The molecule has 2 atom stereocenters. The summed E-state index contributed by atoms with van der Waals surface area (Å²) in [6.45, 7) is 19.2. The summed E-state index contributed by atoms with van der Waals surface area (Å²) in [5, 5.41) is 9.92. The van der Waals surface area contributed by atoms with Crippen LogP contribution in [0.4, 0.5) is 0 Å². The second-order valence-electron chi connectivity index (χ2n) is 15.9. The number of aliphatic hydroxyl groups excluding tert-OH is 1. The molecular weight excluding hydrogens is 526 g/mol. The van der Waals surface area contributed by atoms with Crippen LogP contribution in [0.1, 0.15) is 120 Å². The van der Waals surface area contributed by atoms with Crippen LogP contribution in [0.5, 0.6) is 0 Å². The van der Waals surface area contributed by atoms with Gasteiger partial charge in [-0.2, -0.15) is 0 Å². The van der Waals surface area contributed by atoms with Gasteiger partial charge in [0.2, 0.25) is 0 Å². The van der Waals surface area contributed by atoms with E-state index in [1.807, 2.05) is 19.9 Å². The molecule has 4 rings (SSSR count). The van der Waals surface area contributed by atoms with Gasteiger partial charge in [-0.25, -0.2) is 9.79 Å². The van der Waals surface area contributed by atoms with Crippen molar-refractivity contribution in [2.75, 3.05) is 19.7 Å². The zero-order valence-corrected chi connectivity index (χ0v) is 27.7. The van der Waals surface area contributed by atoms with Crippen molar-refractivity contribution in [3.8, 4) is 0 Å². The number of carbonyl (C=O) groups excluding carboxylic acids is 2. The third-order valence-corrected chi connectivity index (χ3v) is 9.95. The Labute approximate surface area is 254 Å². The minimum atomic E-state index is -0.537. The first-order valence-corrected chi connectivity index (χ1v) is 16.5. The second kappa shape index (κ2) is 12.8. The van der Waals surface area contributed by atoms with Crippen LogP contribution in [-0.2, 0) is 14.3 Å². The van der Waals surface area contributed by atoms with Gasteiger partial charge >= 0.3 is 5.97 Å². The third kappa shape index (κ3) is 7.49. The van der Waals surface area contributed by atoms with Crippen LogP contribution in [0.2, 0.25) is 0 Å². The highest BCUT2D eigenvalue weighted by Gasteiger charge is 2.54. The fourth-order valence-electron chi connectivity index (χ4n) is 7.38. The van der Waals surface area contributed by atoms with Gasteiger partial charge in [0, 0.05) is 25.3 Å². The lowest BCUT2D eigenvalue weighted by atomic mass is 9.69. The Morgan fingerprint density at radius 1 is 1.10 bits per heavy atom. The van der Waals surface area contributed by atoms with Crippen LogP contribution < -0.4 is 0 Å². The van der Waals surface area contributed by atoms with Crippen molar-refractivity contribution in [1.29, 1.82) is 0 Å². The van der Waals surface area contributed by atoms with Gasteiger partial charge in [-0.1, -0.05) is 53.7 Å². The molecule has 1 unspecified atom stereocenters. The van der Waals surface area contributed by atoms with E-state index in [4.69, 9.17) is 9.73 Å². The first-order valence-electron chi connectivity index (χ1n) is 16.5. The lowest BCUT2D eigenvalue weighted by Gasteiger charge is -2.48. The number of likely N-dealkylation sites (tertiary alicyclic amines) is 1. The number of nitrogens with zero attached hydrogens (tertiary/aromatic N) is 3. The number of piperidine rings is 1. The highest BCUT2D eigenvalue weighted by atomic mass is 16.5. The van der Waals surface area contributed by atoms with Crippen LogP contribution in [0.3, 0.4) is 0 Å². The summed E-state index contributed by atoms with van der Waals surface area (Å²) in [7, 11) is 0. The number of amides is 1. The predicted molar refractivity (Wildman–Crippen MR) is 169 cm³/mol. The number of allylic oxidation sites excluding steroid dienone is 2. The topological polar surface area (TPSA) is 82.4 Å². The summed E-state index contributed by atoms with van der Waals surface area (Å²) in [5.74, 6) is 1.21. The van der Waals surface area contributed by atoms with E-state index in [1.165, 1.54) is 5.57 Å². The maximum atomic E-state index is 14.6. The normalized spacial score (nSPS) is 28.1. The van der Waals surface area contributed by atoms with Gasteiger partial charge in [0.05, 0.1) is 12.1 Å². The Bertz CT molecular complexity index is 1080. The van der Waals surface area contributed by atoms with Crippen molar-refractivity contribution in [1.82, 2.24) is 9.80 Å². The molecule has 2 heterocycles. The molecule has 2 aliphatic heterocycles. The van der Waals surface area contributed by atoms with Gasteiger partial charge in [-0.15, -0.1) is 0 Å². The van der Waals surface area contributed by atoms with Crippen LogP contribution >= 0.6 is 0 Å².